The molecule has 0 radical (unpaired) electrons. The van der Waals surface area contributed by atoms with Crippen LogP contribution >= 0.6 is 0 Å². The van der Waals surface area contributed by atoms with E-state index in [-0.39, 0.29) is 5.41 Å². The molecule has 0 bridgehead atoms. The Labute approximate surface area is 117 Å². The molecule has 1 heterocycles. The molecule has 0 aliphatic heterocycles. The Morgan fingerprint density at radius 2 is 1.89 bits per heavy atom. The molecule has 0 spiro atoms. The smallest absolute Gasteiger partial charge is 0.223 e. The summed E-state index contributed by atoms with van der Waals surface area (Å²) in [6.07, 6.45) is 2.13. The number of rotatable bonds is 7. The third-order valence-corrected chi connectivity index (χ3v) is 4.02. The molecule has 0 fully saturated rings. The SMILES string of the molecule is CCC(CC)(CN)CNc1nc(C)cc(C(C)C)n1. The average Bonchev–Trinajstić information content (AvgIpc) is 2.40. The van der Waals surface area contributed by atoms with Crippen LogP contribution in [0.1, 0.15) is 57.8 Å². The van der Waals surface area contributed by atoms with Gasteiger partial charge < -0.3 is 11.1 Å². The van der Waals surface area contributed by atoms with Crippen LogP contribution in [0.15, 0.2) is 6.07 Å². The van der Waals surface area contributed by atoms with Gasteiger partial charge in [-0.1, -0.05) is 27.7 Å². The first-order valence-electron chi connectivity index (χ1n) is 7.26. The van der Waals surface area contributed by atoms with Gasteiger partial charge >= 0.3 is 0 Å². The lowest BCUT2D eigenvalue weighted by molar-refractivity contribution is 0.294. The van der Waals surface area contributed by atoms with Gasteiger partial charge in [-0.15, -0.1) is 0 Å². The second-order valence-corrected chi connectivity index (χ2v) is 5.68. The molecule has 0 aliphatic carbocycles. The van der Waals surface area contributed by atoms with Crippen molar-refractivity contribution in [3.8, 4) is 0 Å². The number of anilines is 1. The maximum Gasteiger partial charge on any atom is 0.223 e. The summed E-state index contributed by atoms with van der Waals surface area (Å²) in [6, 6.07) is 2.05. The van der Waals surface area contributed by atoms with E-state index in [2.05, 4.69) is 43.0 Å². The summed E-state index contributed by atoms with van der Waals surface area (Å²) in [5.41, 5.74) is 8.16. The van der Waals surface area contributed by atoms with Crippen molar-refractivity contribution in [3.05, 3.63) is 17.5 Å². The molecule has 4 nitrogen and oxygen atoms in total. The first kappa shape index (κ1) is 15.9. The van der Waals surface area contributed by atoms with Gasteiger partial charge in [0.2, 0.25) is 5.95 Å². The predicted octanol–water partition coefficient (Wildman–Crippen LogP) is 3.09. The highest BCUT2D eigenvalue weighted by molar-refractivity contribution is 5.29. The molecule has 1 aromatic rings. The normalized spacial score (nSPS) is 11.9. The summed E-state index contributed by atoms with van der Waals surface area (Å²) in [4.78, 5) is 9.04. The Bertz CT molecular complexity index is 389. The molecular weight excluding hydrogens is 236 g/mol. The van der Waals surface area contributed by atoms with Crippen LogP contribution in [0, 0.1) is 12.3 Å². The Kier molecular flexibility index (Phi) is 5.73. The van der Waals surface area contributed by atoms with E-state index in [1.54, 1.807) is 0 Å². The van der Waals surface area contributed by atoms with Crippen LogP contribution in [-0.4, -0.2) is 23.1 Å². The van der Waals surface area contributed by atoms with Crippen LogP contribution in [0.3, 0.4) is 0 Å². The Morgan fingerprint density at radius 1 is 1.26 bits per heavy atom. The number of hydrogen-bond acceptors (Lipinski definition) is 4. The summed E-state index contributed by atoms with van der Waals surface area (Å²) in [5, 5.41) is 3.37. The monoisotopic (exact) mass is 264 g/mol. The molecule has 0 unspecified atom stereocenters. The molecule has 0 atom stereocenters. The highest BCUT2D eigenvalue weighted by Gasteiger charge is 2.24. The zero-order chi connectivity index (χ0) is 14.5. The van der Waals surface area contributed by atoms with E-state index < -0.39 is 0 Å². The number of nitrogens with two attached hydrogens (primary N) is 1. The van der Waals surface area contributed by atoms with Gasteiger partial charge in [-0.3, -0.25) is 0 Å². The van der Waals surface area contributed by atoms with Gasteiger partial charge in [-0.25, -0.2) is 9.97 Å². The Hall–Kier alpha value is -1.16. The van der Waals surface area contributed by atoms with E-state index in [4.69, 9.17) is 5.73 Å². The van der Waals surface area contributed by atoms with Crippen molar-refractivity contribution in [3.63, 3.8) is 0 Å². The van der Waals surface area contributed by atoms with Gasteiger partial charge in [0.25, 0.3) is 0 Å². The van der Waals surface area contributed by atoms with E-state index in [0.29, 0.717) is 12.5 Å². The van der Waals surface area contributed by atoms with Crippen molar-refractivity contribution >= 4 is 5.95 Å². The first-order valence-corrected chi connectivity index (χ1v) is 7.26. The minimum atomic E-state index is 0.144. The van der Waals surface area contributed by atoms with Crippen molar-refractivity contribution < 1.29 is 0 Å². The molecule has 108 valence electrons. The predicted molar refractivity (Wildman–Crippen MR) is 81.4 cm³/mol. The molecule has 19 heavy (non-hydrogen) atoms. The Balaban J connectivity index is 2.82. The number of hydrogen-bond donors (Lipinski definition) is 2. The highest BCUT2D eigenvalue weighted by atomic mass is 15.1. The van der Waals surface area contributed by atoms with Crippen molar-refractivity contribution in [2.24, 2.45) is 11.1 Å². The van der Waals surface area contributed by atoms with Gasteiger partial charge in [0.1, 0.15) is 0 Å². The van der Waals surface area contributed by atoms with E-state index in [9.17, 15) is 0 Å². The van der Waals surface area contributed by atoms with E-state index in [0.717, 1.165) is 36.7 Å². The molecule has 0 amide bonds. The van der Waals surface area contributed by atoms with E-state index >= 15 is 0 Å². The molecule has 0 saturated carbocycles. The summed E-state index contributed by atoms with van der Waals surface area (Å²) >= 11 is 0. The maximum atomic E-state index is 5.92. The summed E-state index contributed by atoms with van der Waals surface area (Å²) in [7, 11) is 0. The van der Waals surface area contributed by atoms with E-state index in [1.165, 1.54) is 0 Å². The minimum Gasteiger partial charge on any atom is -0.354 e. The Morgan fingerprint density at radius 3 is 2.37 bits per heavy atom. The third-order valence-electron chi connectivity index (χ3n) is 4.02. The van der Waals surface area contributed by atoms with Crippen molar-refractivity contribution in [2.75, 3.05) is 18.4 Å². The van der Waals surface area contributed by atoms with Crippen LogP contribution in [0.5, 0.6) is 0 Å². The zero-order valence-corrected chi connectivity index (χ0v) is 13.0. The minimum absolute atomic E-state index is 0.144. The fourth-order valence-corrected chi connectivity index (χ4v) is 2.10. The fraction of sp³-hybridized carbons (Fsp3) is 0.733. The van der Waals surface area contributed by atoms with Gasteiger partial charge in [0.15, 0.2) is 0 Å². The second kappa shape index (κ2) is 6.85. The lowest BCUT2D eigenvalue weighted by atomic mass is 9.82. The lowest BCUT2D eigenvalue weighted by Crippen LogP contribution is -2.36. The van der Waals surface area contributed by atoms with Crippen LogP contribution in [-0.2, 0) is 0 Å². The second-order valence-electron chi connectivity index (χ2n) is 5.68. The molecule has 4 heteroatoms. The fourth-order valence-electron chi connectivity index (χ4n) is 2.10. The van der Waals surface area contributed by atoms with Crippen LogP contribution in [0.25, 0.3) is 0 Å². The number of aromatic nitrogens is 2. The standard InChI is InChI=1S/C15H28N4/c1-6-15(7-2,9-16)10-17-14-18-12(5)8-13(19-14)11(3)4/h8,11H,6-7,9-10,16H2,1-5H3,(H,17,18,19). The van der Waals surface area contributed by atoms with Gasteiger partial charge in [0.05, 0.1) is 0 Å². The summed E-state index contributed by atoms with van der Waals surface area (Å²) < 4.78 is 0. The highest BCUT2D eigenvalue weighted by Crippen LogP contribution is 2.25. The number of nitrogens with zero attached hydrogens (tertiary/aromatic N) is 2. The average molecular weight is 264 g/mol. The third kappa shape index (κ3) is 4.16. The number of nitrogens with one attached hydrogen (secondary N) is 1. The largest absolute Gasteiger partial charge is 0.354 e. The molecular formula is C15H28N4. The molecule has 3 N–H and O–H groups in total. The summed E-state index contributed by atoms with van der Waals surface area (Å²) in [6.45, 7) is 12.2. The summed E-state index contributed by atoms with van der Waals surface area (Å²) in [5.74, 6) is 1.14. The maximum absolute atomic E-state index is 5.92. The topological polar surface area (TPSA) is 63.8 Å². The van der Waals surface area contributed by atoms with Crippen molar-refractivity contribution in [2.45, 2.75) is 53.4 Å². The van der Waals surface area contributed by atoms with Gasteiger partial charge in [-0.2, -0.15) is 0 Å². The van der Waals surface area contributed by atoms with Crippen LogP contribution in [0.4, 0.5) is 5.95 Å². The first-order chi connectivity index (χ1) is 8.96. The number of aryl methyl sites for hydroxylation is 1. The molecule has 0 aromatic carbocycles. The van der Waals surface area contributed by atoms with Crippen molar-refractivity contribution in [1.82, 2.24) is 9.97 Å². The van der Waals surface area contributed by atoms with Gasteiger partial charge in [-0.05, 0) is 43.7 Å². The molecule has 0 aliphatic rings. The van der Waals surface area contributed by atoms with Crippen molar-refractivity contribution in [1.29, 1.82) is 0 Å². The van der Waals surface area contributed by atoms with Crippen LogP contribution in [0.2, 0.25) is 0 Å². The van der Waals surface area contributed by atoms with Crippen LogP contribution < -0.4 is 11.1 Å². The molecule has 0 saturated heterocycles. The lowest BCUT2D eigenvalue weighted by Gasteiger charge is -2.30. The van der Waals surface area contributed by atoms with Gasteiger partial charge in [0, 0.05) is 17.9 Å². The van der Waals surface area contributed by atoms with E-state index in [1.807, 2.05) is 13.0 Å². The quantitative estimate of drug-likeness (QED) is 0.794. The zero-order valence-electron chi connectivity index (χ0n) is 13.0. The molecule has 1 aromatic heterocycles. The molecule has 1 rings (SSSR count).